The van der Waals surface area contributed by atoms with E-state index in [-0.39, 0.29) is 5.56 Å². The van der Waals surface area contributed by atoms with Gasteiger partial charge in [0.05, 0.1) is 11.9 Å². The van der Waals surface area contributed by atoms with Crippen molar-refractivity contribution >= 4 is 21.6 Å². The lowest BCUT2D eigenvalue weighted by Gasteiger charge is -2.23. The Morgan fingerprint density at radius 3 is 2.72 bits per heavy atom. The van der Waals surface area contributed by atoms with Crippen LogP contribution < -0.4 is 16.2 Å². The summed E-state index contributed by atoms with van der Waals surface area (Å²) >= 11 is 3.38. The standard InChI is InChI=1S/C12H21BrN4O/c1-4-16(6-5-14)10-7-15-17(8-9(2)3)12(18)11(10)13/h7,9H,4-6,8,14H2,1-3H3. The zero-order valence-corrected chi connectivity index (χ0v) is 12.8. The SMILES string of the molecule is CCN(CCN)c1cnn(CC(C)C)c(=O)c1Br. The number of hydrogen-bond donors (Lipinski definition) is 1. The molecule has 0 atom stereocenters. The highest BCUT2D eigenvalue weighted by Gasteiger charge is 2.14. The lowest BCUT2D eigenvalue weighted by atomic mass is 10.2. The molecule has 0 unspecified atom stereocenters. The van der Waals surface area contributed by atoms with Gasteiger partial charge in [-0.3, -0.25) is 4.79 Å². The summed E-state index contributed by atoms with van der Waals surface area (Å²) in [6, 6.07) is 0. The Bertz CT molecular complexity index is 444. The maximum Gasteiger partial charge on any atom is 0.283 e. The van der Waals surface area contributed by atoms with E-state index < -0.39 is 0 Å². The summed E-state index contributed by atoms with van der Waals surface area (Å²) < 4.78 is 2.06. The Morgan fingerprint density at radius 1 is 1.56 bits per heavy atom. The van der Waals surface area contributed by atoms with E-state index in [1.165, 1.54) is 4.68 Å². The smallest absolute Gasteiger partial charge is 0.283 e. The first-order chi connectivity index (χ1) is 8.51. The molecule has 0 bridgehead atoms. The predicted molar refractivity (Wildman–Crippen MR) is 78.0 cm³/mol. The molecule has 0 saturated heterocycles. The van der Waals surface area contributed by atoms with Crippen LogP contribution in [0.25, 0.3) is 0 Å². The van der Waals surface area contributed by atoms with Gasteiger partial charge < -0.3 is 10.6 Å². The van der Waals surface area contributed by atoms with Crippen molar-refractivity contribution in [2.24, 2.45) is 11.7 Å². The Labute approximate surface area is 116 Å². The van der Waals surface area contributed by atoms with Gasteiger partial charge in [0.15, 0.2) is 0 Å². The molecule has 5 nitrogen and oxygen atoms in total. The monoisotopic (exact) mass is 316 g/mol. The second-order valence-electron chi connectivity index (χ2n) is 4.59. The molecule has 1 heterocycles. The number of anilines is 1. The van der Waals surface area contributed by atoms with Crippen molar-refractivity contribution in [2.75, 3.05) is 24.5 Å². The Balaban J connectivity index is 3.10. The topological polar surface area (TPSA) is 64.2 Å². The van der Waals surface area contributed by atoms with E-state index in [4.69, 9.17) is 5.73 Å². The van der Waals surface area contributed by atoms with Gasteiger partial charge in [0.2, 0.25) is 0 Å². The average Bonchev–Trinajstić information content (AvgIpc) is 2.32. The van der Waals surface area contributed by atoms with Crippen LogP contribution in [-0.2, 0) is 6.54 Å². The third kappa shape index (κ3) is 3.55. The van der Waals surface area contributed by atoms with Gasteiger partial charge in [-0.25, -0.2) is 4.68 Å². The maximum atomic E-state index is 12.1. The second kappa shape index (κ2) is 6.89. The minimum Gasteiger partial charge on any atom is -0.368 e. The highest BCUT2D eigenvalue weighted by molar-refractivity contribution is 9.10. The summed E-state index contributed by atoms with van der Waals surface area (Å²) in [6.07, 6.45) is 1.73. The van der Waals surface area contributed by atoms with Crippen molar-refractivity contribution in [1.82, 2.24) is 9.78 Å². The second-order valence-corrected chi connectivity index (χ2v) is 5.39. The van der Waals surface area contributed by atoms with Crippen LogP contribution in [0.5, 0.6) is 0 Å². The molecule has 6 heteroatoms. The number of nitrogens with zero attached hydrogens (tertiary/aromatic N) is 3. The number of likely N-dealkylation sites (N-methyl/N-ethyl adjacent to an activating group) is 1. The summed E-state index contributed by atoms with van der Waals surface area (Å²) in [5.41, 5.74) is 6.29. The van der Waals surface area contributed by atoms with Crippen molar-refractivity contribution in [1.29, 1.82) is 0 Å². The molecule has 102 valence electrons. The van der Waals surface area contributed by atoms with Gasteiger partial charge in [-0.1, -0.05) is 13.8 Å². The molecule has 1 rings (SSSR count). The molecule has 0 spiro atoms. The summed E-state index contributed by atoms with van der Waals surface area (Å²) in [4.78, 5) is 14.2. The Hall–Kier alpha value is -0.880. The highest BCUT2D eigenvalue weighted by atomic mass is 79.9. The van der Waals surface area contributed by atoms with Gasteiger partial charge in [0.1, 0.15) is 4.47 Å². The fraction of sp³-hybridized carbons (Fsp3) is 0.667. The molecule has 1 aromatic rings. The zero-order valence-electron chi connectivity index (χ0n) is 11.2. The van der Waals surface area contributed by atoms with Crippen LogP contribution >= 0.6 is 15.9 Å². The minimum atomic E-state index is -0.0864. The molecule has 0 aromatic carbocycles. The van der Waals surface area contributed by atoms with Crippen LogP contribution in [0, 0.1) is 5.92 Å². The maximum absolute atomic E-state index is 12.1. The number of rotatable bonds is 6. The third-order valence-electron chi connectivity index (χ3n) is 2.63. The molecular formula is C12H21BrN4O. The van der Waals surface area contributed by atoms with E-state index in [0.29, 0.717) is 30.0 Å². The first kappa shape index (κ1) is 15.2. The molecule has 0 aliphatic rings. The van der Waals surface area contributed by atoms with Crippen LogP contribution in [-0.4, -0.2) is 29.4 Å². The zero-order chi connectivity index (χ0) is 13.7. The average molecular weight is 317 g/mol. The van der Waals surface area contributed by atoms with E-state index >= 15 is 0 Å². The van der Waals surface area contributed by atoms with E-state index in [1.54, 1.807) is 6.20 Å². The first-order valence-corrected chi connectivity index (χ1v) is 7.01. The highest BCUT2D eigenvalue weighted by Crippen LogP contribution is 2.21. The van der Waals surface area contributed by atoms with Gasteiger partial charge in [-0.05, 0) is 28.8 Å². The molecular weight excluding hydrogens is 296 g/mol. The molecule has 0 amide bonds. The number of halogens is 1. The quantitative estimate of drug-likeness (QED) is 0.862. The summed E-state index contributed by atoms with van der Waals surface area (Å²) in [5, 5.41) is 4.22. The molecule has 1 aromatic heterocycles. The van der Waals surface area contributed by atoms with Crippen molar-refractivity contribution in [2.45, 2.75) is 27.3 Å². The third-order valence-corrected chi connectivity index (χ3v) is 3.37. The van der Waals surface area contributed by atoms with Crippen molar-refractivity contribution in [3.05, 3.63) is 21.0 Å². The van der Waals surface area contributed by atoms with E-state index in [9.17, 15) is 4.79 Å². The summed E-state index contributed by atoms with van der Waals surface area (Å²) in [5.74, 6) is 0.388. The molecule has 0 saturated carbocycles. The fourth-order valence-electron chi connectivity index (χ4n) is 1.76. The van der Waals surface area contributed by atoms with E-state index in [2.05, 4.69) is 34.9 Å². The van der Waals surface area contributed by atoms with Gasteiger partial charge >= 0.3 is 0 Å². The Morgan fingerprint density at radius 2 is 2.22 bits per heavy atom. The van der Waals surface area contributed by atoms with Crippen LogP contribution in [0.2, 0.25) is 0 Å². The summed E-state index contributed by atoms with van der Waals surface area (Å²) in [6.45, 7) is 8.83. The fourth-order valence-corrected chi connectivity index (χ4v) is 2.32. The number of hydrogen-bond acceptors (Lipinski definition) is 4. The molecule has 0 aliphatic carbocycles. The summed E-state index contributed by atoms with van der Waals surface area (Å²) in [7, 11) is 0. The van der Waals surface area contributed by atoms with Crippen LogP contribution in [0.3, 0.4) is 0 Å². The van der Waals surface area contributed by atoms with Crippen LogP contribution in [0.1, 0.15) is 20.8 Å². The molecule has 18 heavy (non-hydrogen) atoms. The Kier molecular flexibility index (Phi) is 5.81. The molecule has 0 aliphatic heterocycles. The lowest BCUT2D eigenvalue weighted by molar-refractivity contribution is 0.462. The van der Waals surface area contributed by atoms with E-state index in [0.717, 1.165) is 12.2 Å². The van der Waals surface area contributed by atoms with Crippen molar-refractivity contribution in [3.8, 4) is 0 Å². The van der Waals surface area contributed by atoms with Gasteiger partial charge in [-0.15, -0.1) is 0 Å². The largest absolute Gasteiger partial charge is 0.368 e. The predicted octanol–water partition coefficient (Wildman–Crippen LogP) is 1.45. The van der Waals surface area contributed by atoms with Gasteiger partial charge in [0.25, 0.3) is 5.56 Å². The van der Waals surface area contributed by atoms with E-state index in [1.807, 2.05) is 11.8 Å². The van der Waals surface area contributed by atoms with Crippen LogP contribution in [0.15, 0.2) is 15.5 Å². The van der Waals surface area contributed by atoms with Crippen molar-refractivity contribution < 1.29 is 0 Å². The van der Waals surface area contributed by atoms with Gasteiger partial charge in [-0.2, -0.15) is 5.10 Å². The van der Waals surface area contributed by atoms with Crippen molar-refractivity contribution in [3.63, 3.8) is 0 Å². The molecule has 0 fully saturated rings. The number of aromatic nitrogens is 2. The minimum absolute atomic E-state index is 0.0864. The molecule has 0 radical (unpaired) electrons. The molecule has 2 N–H and O–H groups in total. The number of nitrogens with two attached hydrogens (primary N) is 1. The normalized spacial score (nSPS) is 11.0. The first-order valence-electron chi connectivity index (χ1n) is 6.21. The van der Waals surface area contributed by atoms with Crippen LogP contribution in [0.4, 0.5) is 5.69 Å². The lowest BCUT2D eigenvalue weighted by Crippen LogP contribution is -2.33. The van der Waals surface area contributed by atoms with Gasteiger partial charge in [0, 0.05) is 26.2 Å².